The molecule has 0 spiro atoms. The number of carbonyl (C=O) groups is 1. The molecule has 0 saturated heterocycles. The number of aliphatic hydroxyl groups excluding tert-OH is 1. The fraction of sp³-hybridized carbons (Fsp3) is 0.556. The van der Waals surface area contributed by atoms with Crippen LogP contribution in [-0.2, 0) is 27.5 Å². The molecular formula is C45H60N8O5SSi. The third kappa shape index (κ3) is 8.35. The fourth-order valence-corrected chi connectivity index (χ4v) is 13.2. The number of carbonyl (C=O) groups excluding carboxylic acids is 1. The average molecular weight is 853 g/mol. The number of aromatic nitrogens is 6. The van der Waals surface area contributed by atoms with Crippen molar-refractivity contribution in [1.82, 2.24) is 29.5 Å². The van der Waals surface area contributed by atoms with Crippen LogP contribution in [0.5, 0.6) is 0 Å². The molecule has 60 heavy (non-hydrogen) atoms. The standard InChI is InChI=1S/C45H60N8O5SSi/c1-30-20-37(49-50-39(30)48-41-52(29-57-18-19-60(7,8)9)34-12-10-11-13-35(34)59-41)51(5)36-15-14-32(38(47-36)40(55)56-6)33-21-46-53(31(33)2)28-44-23-42(3)22-43(4,24-44)26-45(25-42,27-44)58-17-16-54/h10-15,20-21,54H,16-19,22-29H2,1-9H3. The first-order chi connectivity index (χ1) is 28.5. The van der Waals surface area contributed by atoms with E-state index >= 15 is 0 Å². The van der Waals surface area contributed by atoms with E-state index in [1.807, 2.05) is 55.4 Å². The van der Waals surface area contributed by atoms with Gasteiger partial charge in [0, 0.05) is 45.1 Å². The number of methoxy groups -OCH3 is 1. The highest BCUT2D eigenvalue weighted by Crippen LogP contribution is 2.72. The Kier molecular flexibility index (Phi) is 11.2. The number of hydrogen-bond donors (Lipinski definition) is 1. The van der Waals surface area contributed by atoms with Crippen molar-refractivity contribution >= 4 is 53.1 Å². The molecule has 4 aliphatic carbocycles. The second-order valence-electron chi connectivity index (χ2n) is 19.8. The van der Waals surface area contributed by atoms with Crippen molar-refractivity contribution in [3.8, 4) is 11.1 Å². The van der Waals surface area contributed by atoms with Crippen LogP contribution in [0.3, 0.4) is 0 Å². The second-order valence-corrected chi connectivity index (χ2v) is 26.4. The van der Waals surface area contributed by atoms with E-state index < -0.39 is 14.0 Å². The predicted octanol–water partition coefficient (Wildman–Crippen LogP) is 8.60. The molecule has 4 aromatic heterocycles. The van der Waals surface area contributed by atoms with Crippen molar-refractivity contribution in [3.05, 3.63) is 70.4 Å². The minimum absolute atomic E-state index is 0.0280. The summed E-state index contributed by atoms with van der Waals surface area (Å²) in [5, 5.41) is 23.7. The van der Waals surface area contributed by atoms with E-state index in [1.54, 1.807) is 11.3 Å². The molecule has 2 atom stereocenters. The van der Waals surface area contributed by atoms with Crippen molar-refractivity contribution < 1.29 is 24.1 Å². The second kappa shape index (κ2) is 15.9. The maximum Gasteiger partial charge on any atom is 0.357 e. The van der Waals surface area contributed by atoms with Crippen molar-refractivity contribution in [2.75, 3.05) is 38.9 Å². The van der Waals surface area contributed by atoms with E-state index in [2.05, 4.69) is 72.0 Å². The van der Waals surface area contributed by atoms with Gasteiger partial charge in [-0.25, -0.2) is 9.78 Å². The highest BCUT2D eigenvalue weighted by Gasteiger charge is 2.66. The van der Waals surface area contributed by atoms with E-state index in [-0.39, 0.29) is 34.1 Å². The summed E-state index contributed by atoms with van der Waals surface area (Å²) in [6, 6.07) is 15.1. The van der Waals surface area contributed by atoms with E-state index in [0.717, 1.165) is 76.5 Å². The lowest BCUT2D eigenvalue weighted by molar-refractivity contribution is -0.250. The van der Waals surface area contributed by atoms with Gasteiger partial charge in [0.1, 0.15) is 12.5 Å². The smallest absolute Gasteiger partial charge is 0.357 e. The Balaban J connectivity index is 1.05. The summed E-state index contributed by atoms with van der Waals surface area (Å²) in [6.45, 7) is 18.2. The molecule has 1 aromatic carbocycles. The lowest BCUT2D eigenvalue weighted by Gasteiger charge is -2.69. The normalized spacial score (nSPS) is 25.1. The number of benzene rings is 1. The number of ether oxygens (including phenoxy) is 3. The van der Waals surface area contributed by atoms with Crippen molar-refractivity contribution in [2.24, 2.45) is 21.2 Å². The Morgan fingerprint density at radius 2 is 1.72 bits per heavy atom. The van der Waals surface area contributed by atoms with Gasteiger partial charge < -0.3 is 24.2 Å². The van der Waals surface area contributed by atoms with Crippen LogP contribution in [-0.4, -0.2) is 88.3 Å². The number of aryl methyl sites for hydroxylation is 1. The zero-order chi connectivity index (χ0) is 42.7. The Labute approximate surface area is 357 Å². The minimum Gasteiger partial charge on any atom is -0.464 e. The zero-order valence-corrected chi connectivity index (χ0v) is 38.5. The molecule has 5 aromatic rings. The molecule has 0 amide bonds. The van der Waals surface area contributed by atoms with Gasteiger partial charge in [-0.15, -0.1) is 10.2 Å². The van der Waals surface area contributed by atoms with E-state index in [9.17, 15) is 9.90 Å². The van der Waals surface area contributed by atoms with Crippen LogP contribution in [0, 0.1) is 30.1 Å². The molecule has 4 bridgehead atoms. The predicted molar refractivity (Wildman–Crippen MR) is 238 cm³/mol. The highest BCUT2D eigenvalue weighted by molar-refractivity contribution is 7.16. The number of pyridine rings is 1. The van der Waals surface area contributed by atoms with Crippen LogP contribution < -0.4 is 9.70 Å². The van der Waals surface area contributed by atoms with E-state index in [1.165, 1.54) is 13.5 Å². The molecule has 4 heterocycles. The first-order valence-electron chi connectivity index (χ1n) is 21.1. The van der Waals surface area contributed by atoms with Gasteiger partial charge in [0.25, 0.3) is 0 Å². The Hall–Kier alpha value is -4.28. The maximum absolute atomic E-state index is 13.4. The number of aliphatic hydroxyl groups is 1. The molecule has 13 nitrogen and oxygen atoms in total. The van der Waals surface area contributed by atoms with Crippen molar-refractivity contribution in [3.63, 3.8) is 0 Å². The minimum atomic E-state index is -1.22. The Bertz CT molecular complexity index is 2470. The molecule has 2 unspecified atom stereocenters. The molecule has 0 radical (unpaired) electrons. The number of rotatable bonds is 15. The third-order valence-corrected chi connectivity index (χ3v) is 15.7. The number of thiazole rings is 1. The van der Waals surface area contributed by atoms with Gasteiger partial charge >= 0.3 is 5.97 Å². The number of nitrogens with zero attached hydrogens (tertiary/aromatic N) is 8. The van der Waals surface area contributed by atoms with Crippen LogP contribution in [0.15, 0.2) is 53.7 Å². The summed E-state index contributed by atoms with van der Waals surface area (Å²) in [4.78, 5) is 25.9. The topological polar surface area (TPSA) is 142 Å². The SMILES string of the molecule is COC(=O)c1nc(N(C)c2cc(C)c(N=c3sc4ccccc4n3COCC[Si](C)(C)C)nn2)ccc1-c1cnn(CC23CC4(C)CC(C)(C2)CC(OCCO)(C4)C3)c1C. The third-order valence-electron chi connectivity index (χ3n) is 12.9. The molecule has 320 valence electrons. The molecule has 4 fully saturated rings. The van der Waals surface area contributed by atoms with Gasteiger partial charge in [-0.1, -0.05) is 57.0 Å². The molecule has 1 N–H and O–H groups in total. The van der Waals surface area contributed by atoms with E-state index in [4.69, 9.17) is 29.3 Å². The fourth-order valence-electron chi connectivity index (χ4n) is 11.4. The van der Waals surface area contributed by atoms with Crippen LogP contribution >= 0.6 is 11.3 Å². The van der Waals surface area contributed by atoms with Gasteiger partial charge in [-0.3, -0.25) is 9.25 Å². The van der Waals surface area contributed by atoms with E-state index in [0.29, 0.717) is 43.0 Å². The number of esters is 1. The lowest BCUT2D eigenvalue weighted by Crippen LogP contribution is -2.64. The van der Waals surface area contributed by atoms with Crippen molar-refractivity contribution in [1.29, 1.82) is 0 Å². The molecule has 0 aliphatic heterocycles. The largest absolute Gasteiger partial charge is 0.464 e. The van der Waals surface area contributed by atoms with Gasteiger partial charge in [-0.2, -0.15) is 10.1 Å². The summed E-state index contributed by atoms with van der Waals surface area (Å²) in [5.41, 5.74) is 4.78. The maximum atomic E-state index is 13.4. The van der Waals surface area contributed by atoms with Crippen molar-refractivity contribution in [2.45, 2.75) is 111 Å². The molecule has 4 saturated carbocycles. The van der Waals surface area contributed by atoms with Crippen LogP contribution in [0.25, 0.3) is 21.3 Å². The summed E-state index contributed by atoms with van der Waals surface area (Å²) < 4.78 is 23.3. The number of hydrogen-bond acceptors (Lipinski definition) is 12. The Morgan fingerprint density at radius 1 is 0.967 bits per heavy atom. The van der Waals surface area contributed by atoms with Crippen LogP contribution in [0.4, 0.5) is 17.5 Å². The number of para-hydroxylation sites is 1. The van der Waals surface area contributed by atoms with Gasteiger partial charge in [0.2, 0.25) is 0 Å². The molecular weight excluding hydrogens is 793 g/mol. The summed E-state index contributed by atoms with van der Waals surface area (Å²) >= 11 is 1.60. The quantitative estimate of drug-likeness (QED) is 0.0618. The van der Waals surface area contributed by atoms with Gasteiger partial charge in [-0.05, 0) is 111 Å². The van der Waals surface area contributed by atoms with Crippen LogP contribution in [0.2, 0.25) is 25.7 Å². The molecule has 4 aliphatic rings. The first-order valence-corrected chi connectivity index (χ1v) is 25.6. The molecule has 15 heteroatoms. The summed E-state index contributed by atoms with van der Waals surface area (Å²) in [7, 11) is 2.01. The van der Waals surface area contributed by atoms with Gasteiger partial charge in [0.05, 0.1) is 42.3 Å². The highest BCUT2D eigenvalue weighted by atomic mass is 32.1. The zero-order valence-electron chi connectivity index (χ0n) is 36.7. The first kappa shape index (κ1) is 42.4. The summed E-state index contributed by atoms with van der Waals surface area (Å²) in [6.07, 6.45) is 8.36. The average Bonchev–Trinajstić information content (AvgIpc) is 3.71. The monoisotopic (exact) mass is 852 g/mol. The lowest BCUT2D eigenvalue weighted by atomic mass is 9.39. The van der Waals surface area contributed by atoms with Gasteiger partial charge in [0.15, 0.2) is 22.1 Å². The number of fused-ring (bicyclic) bond motifs is 1. The Morgan fingerprint density at radius 3 is 2.42 bits per heavy atom. The summed E-state index contributed by atoms with van der Waals surface area (Å²) in [5.74, 6) is 1.06. The number of anilines is 2. The van der Waals surface area contributed by atoms with Crippen LogP contribution in [0.1, 0.15) is 74.1 Å². The molecule has 9 rings (SSSR count).